The summed E-state index contributed by atoms with van der Waals surface area (Å²) in [6.07, 6.45) is 0. The number of ketones is 1. The number of anilines is 2. The zero-order chi connectivity index (χ0) is 26.5. The Morgan fingerprint density at radius 1 is 0.730 bits per heavy atom. The minimum Gasteiger partial charge on any atom is -0.321 e. The Bertz CT molecular complexity index is 1540. The van der Waals surface area contributed by atoms with E-state index in [-0.39, 0.29) is 27.6 Å². The molecule has 0 fully saturated rings. The van der Waals surface area contributed by atoms with Crippen molar-refractivity contribution in [1.29, 1.82) is 0 Å². The molecule has 0 aromatic heterocycles. The Labute approximate surface area is 217 Å². The molecule has 9 heteroatoms. The van der Waals surface area contributed by atoms with Crippen LogP contribution in [0.4, 0.5) is 17.1 Å². The smallest absolute Gasteiger partial charge is 0.282 e. The number of nitrogens with zero attached hydrogens (tertiary/aromatic N) is 1. The minimum atomic E-state index is -0.801. The van der Waals surface area contributed by atoms with Gasteiger partial charge in [-0.2, -0.15) is 0 Å². The summed E-state index contributed by atoms with van der Waals surface area (Å²) in [7, 11) is 0. The van der Waals surface area contributed by atoms with Crippen molar-refractivity contribution in [2.45, 2.75) is 6.92 Å². The maximum atomic E-state index is 13.3. The first kappa shape index (κ1) is 25.3. The summed E-state index contributed by atoms with van der Waals surface area (Å²) in [6.45, 7) is 1.84. The zero-order valence-corrected chi connectivity index (χ0v) is 20.3. The highest BCUT2D eigenvalue weighted by molar-refractivity contribution is 6.31. The van der Waals surface area contributed by atoms with Gasteiger partial charge in [0.1, 0.15) is 5.56 Å². The molecule has 0 heterocycles. The van der Waals surface area contributed by atoms with E-state index in [9.17, 15) is 24.5 Å². The van der Waals surface area contributed by atoms with Gasteiger partial charge >= 0.3 is 0 Å². The van der Waals surface area contributed by atoms with Crippen LogP contribution in [0.5, 0.6) is 0 Å². The quantitative estimate of drug-likeness (QED) is 0.171. The van der Waals surface area contributed by atoms with E-state index >= 15 is 0 Å². The van der Waals surface area contributed by atoms with E-state index in [1.807, 2.05) is 6.92 Å². The number of nitrogens with one attached hydrogen (secondary N) is 2. The van der Waals surface area contributed by atoms with E-state index in [1.165, 1.54) is 24.3 Å². The lowest BCUT2D eigenvalue weighted by Crippen LogP contribution is -2.20. The second kappa shape index (κ2) is 10.8. The summed E-state index contributed by atoms with van der Waals surface area (Å²) in [5.41, 5.74) is 1.48. The molecule has 0 radical (unpaired) electrons. The van der Waals surface area contributed by atoms with Crippen LogP contribution in [-0.2, 0) is 0 Å². The highest BCUT2D eigenvalue weighted by atomic mass is 35.5. The van der Waals surface area contributed by atoms with Crippen molar-refractivity contribution < 1.29 is 19.3 Å². The van der Waals surface area contributed by atoms with E-state index in [4.69, 9.17) is 11.6 Å². The number of carbonyl (C=O) groups excluding carboxylic acids is 3. The van der Waals surface area contributed by atoms with Crippen LogP contribution >= 0.6 is 11.6 Å². The third-order valence-corrected chi connectivity index (χ3v) is 5.76. The standard InChI is InChI=1S/C28H20ClN3O5/c1-17-11-13-24(21(15-17)26(33)18-7-3-2-4-8-18)31-27(34)20-9-5-6-10-23(20)30-28(35)22-16-19(29)12-14-25(22)32(36)37/h2-16H,1H3,(H,30,35)(H,31,34). The summed E-state index contributed by atoms with van der Waals surface area (Å²) in [6, 6.07) is 23.6. The number of amides is 2. The Morgan fingerprint density at radius 3 is 2.05 bits per heavy atom. The first-order chi connectivity index (χ1) is 17.7. The van der Waals surface area contributed by atoms with Crippen molar-refractivity contribution in [1.82, 2.24) is 0 Å². The lowest BCUT2D eigenvalue weighted by atomic mass is 9.99. The molecule has 4 aromatic carbocycles. The third kappa shape index (κ3) is 5.71. The summed E-state index contributed by atoms with van der Waals surface area (Å²) >= 11 is 5.94. The summed E-state index contributed by atoms with van der Waals surface area (Å²) in [5.74, 6) is -1.64. The van der Waals surface area contributed by atoms with Gasteiger partial charge in [-0.25, -0.2) is 0 Å². The Balaban J connectivity index is 1.63. The fraction of sp³-hybridized carbons (Fsp3) is 0.0357. The summed E-state index contributed by atoms with van der Waals surface area (Å²) in [5, 5.41) is 16.8. The van der Waals surface area contributed by atoms with Gasteiger partial charge < -0.3 is 10.6 Å². The molecule has 0 aliphatic rings. The maximum absolute atomic E-state index is 13.3. The Kier molecular flexibility index (Phi) is 7.41. The molecule has 2 N–H and O–H groups in total. The molecule has 4 aromatic rings. The SMILES string of the molecule is Cc1ccc(NC(=O)c2ccccc2NC(=O)c2cc(Cl)ccc2[N+](=O)[O-])c(C(=O)c2ccccc2)c1. The second-order valence-electron chi connectivity index (χ2n) is 8.12. The van der Waals surface area contributed by atoms with Crippen LogP contribution in [0.25, 0.3) is 0 Å². The van der Waals surface area contributed by atoms with Crippen molar-refractivity contribution in [3.63, 3.8) is 0 Å². The number of nitro groups is 1. The molecule has 0 saturated heterocycles. The fourth-order valence-electron chi connectivity index (χ4n) is 3.72. The normalized spacial score (nSPS) is 10.4. The highest BCUT2D eigenvalue weighted by Gasteiger charge is 2.23. The zero-order valence-electron chi connectivity index (χ0n) is 19.5. The van der Waals surface area contributed by atoms with Crippen LogP contribution in [-0.4, -0.2) is 22.5 Å². The number of carbonyl (C=O) groups is 3. The molecule has 0 atom stereocenters. The number of aryl methyl sites for hydroxylation is 1. The second-order valence-corrected chi connectivity index (χ2v) is 8.55. The van der Waals surface area contributed by atoms with Crippen LogP contribution < -0.4 is 10.6 Å². The molecule has 0 aliphatic heterocycles. The predicted molar refractivity (Wildman–Crippen MR) is 142 cm³/mol. The van der Waals surface area contributed by atoms with E-state index in [0.717, 1.165) is 11.6 Å². The van der Waals surface area contributed by atoms with Gasteiger partial charge in [-0.15, -0.1) is 0 Å². The largest absolute Gasteiger partial charge is 0.321 e. The minimum absolute atomic E-state index is 0.0965. The summed E-state index contributed by atoms with van der Waals surface area (Å²) < 4.78 is 0. The first-order valence-corrected chi connectivity index (χ1v) is 11.5. The predicted octanol–water partition coefficient (Wildman–Crippen LogP) is 6.29. The average molecular weight is 514 g/mol. The molecule has 0 unspecified atom stereocenters. The molecule has 0 spiro atoms. The van der Waals surface area contributed by atoms with Gasteiger partial charge in [0.25, 0.3) is 17.5 Å². The van der Waals surface area contributed by atoms with E-state index < -0.39 is 22.4 Å². The lowest BCUT2D eigenvalue weighted by Gasteiger charge is -2.14. The molecule has 0 bridgehead atoms. The monoisotopic (exact) mass is 513 g/mol. The van der Waals surface area contributed by atoms with Crippen LogP contribution in [0.15, 0.2) is 91.0 Å². The molecule has 2 amide bonds. The van der Waals surface area contributed by atoms with Crippen LogP contribution in [0.3, 0.4) is 0 Å². The fourth-order valence-corrected chi connectivity index (χ4v) is 3.89. The number of para-hydroxylation sites is 1. The highest BCUT2D eigenvalue weighted by Crippen LogP contribution is 2.26. The maximum Gasteiger partial charge on any atom is 0.282 e. The number of hydrogen-bond acceptors (Lipinski definition) is 5. The van der Waals surface area contributed by atoms with Crippen LogP contribution in [0.1, 0.15) is 42.2 Å². The van der Waals surface area contributed by atoms with Crippen molar-refractivity contribution in [2.24, 2.45) is 0 Å². The van der Waals surface area contributed by atoms with Gasteiger partial charge in [0.2, 0.25) is 0 Å². The van der Waals surface area contributed by atoms with E-state index in [0.29, 0.717) is 16.8 Å². The van der Waals surface area contributed by atoms with E-state index in [2.05, 4.69) is 10.6 Å². The molecule has 184 valence electrons. The lowest BCUT2D eigenvalue weighted by molar-refractivity contribution is -0.385. The number of halogens is 1. The number of benzene rings is 4. The molecular formula is C28H20ClN3O5. The topological polar surface area (TPSA) is 118 Å². The van der Waals surface area contributed by atoms with Gasteiger partial charge in [0.05, 0.1) is 21.9 Å². The van der Waals surface area contributed by atoms with Gasteiger partial charge in [-0.1, -0.05) is 65.7 Å². The van der Waals surface area contributed by atoms with E-state index in [1.54, 1.807) is 60.7 Å². The van der Waals surface area contributed by atoms with Gasteiger partial charge in [-0.05, 0) is 43.3 Å². The first-order valence-electron chi connectivity index (χ1n) is 11.1. The molecule has 8 nitrogen and oxygen atoms in total. The van der Waals surface area contributed by atoms with Gasteiger partial charge in [0.15, 0.2) is 5.78 Å². The van der Waals surface area contributed by atoms with Crippen LogP contribution in [0.2, 0.25) is 5.02 Å². The van der Waals surface area contributed by atoms with Crippen molar-refractivity contribution in [2.75, 3.05) is 10.6 Å². The Morgan fingerprint density at radius 2 is 1.35 bits per heavy atom. The number of rotatable bonds is 7. The molecular weight excluding hydrogens is 494 g/mol. The average Bonchev–Trinajstić information content (AvgIpc) is 2.89. The number of nitro benzene ring substituents is 1. The molecule has 37 heavy (non-hydrogen) atoms. The Hall–Kier alpha value is -4.82. The van der Waals surface area contributed by atoms with Gasteiger partial charge in [0, 0.05) is 22.2 Å². The van der Waals surface area contributed by atoms with Crippen molar-refractivity contribution in [3.05, 3.63) is 134 Å². The molecule has 4 rings (SSSR count). The molecule has 0 aliphatic carbocycles. The number of hydrogen-bond donors (Lipinski definition) is 2. The summed E-state index contributed by atoms with van der Waals surface area (Å²) in [4.78, 5) is 50.0. The van der Waals surface area contributed by atoms with Crippen LogP contribution in [0, 0.1) is 17.0 Å². The van der Waals surface area contributed by atoms with Gasteiger partial charge in [-0.3, -0.25) is 24.5 Å². The van der Waals surface area contributed by atoms with Crippen molar-refractivity contribution in [3.8, 4) is 0 Å². The molecule has 0 saturated carbocycles. The van der Waals surface area contributed by atoms with Crippen molar-refractivity contribution >= 4 is 46.3 Å². The third-order valence-electron chi connectivity index (χ3n) is 5.52.